The van der Waals surface area contributed by atoms with E-state index in [1.54, 1.807) is 5.57 Å². The van der Waals surface area contributed by atoms with Gasteiger partial charge in [0.2, 0.25) is 0 Å². The Kier molecular flexibility index (Phi) is 4.78. The maximum atomic E-state index is 2.41. The van der Waals surface area contributed by atoms with Gasteiger partial charge in [0.15, 0.2) is 0 Å². The second kappa shape index (κ2) is 8.46. The minimum atomic E-state index is 1.12. The van der Waals surface area contributed by atoms with E-state index in [1.165, 1.54) is 79.3 Å². The zero-order valence-electron chi connectivity index (χ0n) is 21.2. The van der Waals surface area contributed by atoms with Crippen molar-refractivity contribution in [3.05, 3.63) is 144 Å². The molecule has 0 bridgehead atoms. The number of fused-ring (bicyclic) bond motifs is 5. The van der Waals surface area contributed by atoms with Crippen molar-refractivity contribution in [2.75, 3.05) is 0 Å². The van der Waals surface area contributed by atoms with E-state index in [-0.39, 0.29) is 0 Å². The predicted molar refractivity (Wildman–Crippen MR) is 161 cm³/mol. The molecule has 8 rings (SSSR count). The van der Waals surface area contributed by atoms with E-state index < -0.39 is 0 Å². The summed E-state index contributed by atoms with van der Waals surface area (Å²) in [6, 6.07) is 42.3. The summed E-state index contributed by atoms with van der Waals surface area (Å²) in [4.78, 5) is 0. The zero-order chi connectivity index (χ0) is 25.1. The number of benzene rings is 5. The van der Waals surface area contributed by atoms with Gasteiger partial charge in [0.25, 0.3) is 0 Å². The lowest BCUT2D eigenvalue weighted by Gasteiger charge is -2.11. The summed E-state index contributed by atoms with van der Waals surface area (Å²) in [6.45, 7) is 0. The van der Waals surface area contributed by atoms with Gasteiger partial charge in [0, 0.05) is 16.5 Å². The second-order valence-electron chi connectivity index (χ2n) is 10.5. The summed E-state index contributed by atoms with van der Waals surface area (Å²) in [6.07, 6.45) is 8.16. The standard InChI is InChI=1S/C37H27N/c1-2-8-25(9-3-1)26-16-19-31(20-17-26)38-36-13-7-6-12-33(36)35-24-28(18-21-37(35)38)27-14-15-30-22-29-10-4-5-11-32(29)34(30)23-27/h1-3,5-9,11-21,23-24H,4,10,22H2. The molecule has 0 saturated carbocycles. The van der Waals surface area contributed by atoms with Crippen molar-refractivity contribution in [1.29, 1.82) is 0 Å². The van der Waals surface area contributed by atoms with E-state index in [2.05, 4.69) is 132 Å². The van der Waals surface area contributed by atoms with Crippen molar-refractivity contribution in [2.24, 2.45) is 0 Å². The number of hydrogen-bond acceptors (Lipinski definition) is 0. The molecule has 0 aliphatic heterocycles. The van der Waals surface area contributed by atoms with Gasteiger partial charge in [-0.25, -0.2) is 0 Å². The van der Waals surface area contributed by atoms with Crippen molar-refractivity contribution in [3.8, 4) is 27.9 Å². The number of allylic oxidation sites excluding steroid dienone is 4. The molecule has 1 heterocycles. The molecule has 0 fully saturated rings. The Labute approximate surface area is 223 Å². The Morgan fingerprint density at radius 2 is 1.26 bits per heavy atom. The van der Waals surface area contributed by atoms with Crippen molar-refractivity contribution < 1.29 is 0 Å². The molecule has 1 nitrogen and oxygen atoms in total. The van der Waals surface area contributed by atoms with Gasteiger partial charge in [0.05, 0.1) is 11.0 Å². The van der Waals surface area contributed by atoms with Gasteiger partial charge in [0.1, 0.15) is 0 Å². The summed E-state index contributed by atoms with van der Waals surface area (Å²) in [5.41, 5.74) is 14.7. The molecule has 2 aliphatic rings. The fourth-order valence-electron chi connectivity index (χ4n) is 6.43. The van der Waals surface area contributed by atoms with Gasteiger partial charge in [-0.2, -0.15) is 0 Å². The molecule has 1 aromatic heterocycles. The molecule has 0 saturated heterocycles. The summed E-state index contributed by atoms with van der Waals surface area (Å²) < 4.78 is 2.40. The van der Waals surface area contributed by atoms with Crippen LogP contribution in [0, 0.1) is 0 Å². The van der Waals surface area contributed by atoms with Crippen LogP contribution in [0.3, 0.4) is 0 Å². The van der Waals surface area contributed by atoms with E-state index in [4.69, 9.17) is 0 Å². The van der Waals surface area contributed by atoms with Crippen molar-refractivity contribution in [3.63, 3.8) is 0 Å². The monoisotopic (exact) mass is 485 g/mol. The molecule has 0 N–H and O–H groups in total. The summed E-state index contributed by atoms with van der Waals surface area (Å²) in [5, 5.41) is 2.58. The zero-order valence-corrected chi connectivity index (χ0v) is 21.2. The molecule has 180 valence electrons. The highest BCUT2D eigenvalue weighted by Crippen LogP contribution is 2.41. The predicted octanol–water partition coefficient (Wildman–Crippen LogP) is 9.78. The van der Waals surface area contributed by atoms with E-state index in [0.29, 0.717) is 0 Å². The summed E-state index contributed by atoms with van der Waals surface area (Å²) in [5.74, 6) is 0. The number of para-hydroxylation sites is 1. The minimum Gasteiger partial charge on any atom is -0.309 e. The Hall–Kier alpha value is -4.62. The number of hydrogen-bond donors (Lipinski definition) is 0. The maximum absolute atomic E-state index is 2.41. The Bertz CT molecular complexity index is 1910. The first-order chi connectivity index (χ1) is 18.8. The van der Waals surface area contributed by atoms with Gasteiger partial charge in [-0.3, -0.25) is 0 Å². The van der Waals surface area contributed by atoms with Crippen LogP contribution in [0.25, 0.3) is 55.3 Å². The van der Waals surface area contributed by atoms with Gasteiger partial charge in [-0.1, -0.05) is 96.6 Å². The van der Waals surface area contributed by atoms with E-state index in [0.717, 1.165) is 6.42 Å². The van der Waals surface area contributed by atoms with Crippen LogP contribution in [0.2, 0.25) is 0 Å². The fourth-order valence-corrected chi connectivity index (χ4v) is 6.43. The van der Waals surface area contributed by atoms with Crippen molar-refractivity contribution >= 4 is 27.4 Å². The quantitative estimate of drug-likeness (QED) is 0.235. The van der Waals surface area contributed by atoms with Crippen molar-refractivity contribution in [2.45, 2.75) is 19.3 Å². The second-order valence-corrected chi connectivity index (χ2v) is 10.5. The number of nitrogens with zero attached hydrogens (tertiary/aromatic N) is 1. The topological polar surface area (TPSA) is 4.93 Å². The van der Waals surface area contributed by atoms with Crippen LogP contribution in [0.15, 0.2) is 133 Å². The summed E-state index contributed by atoms with van der Waals surface area (Å²) in [7, 11) is 0. The molecule has 5 aromatic carbocycles. The van der Waals surface area contributed by atoms with E-state index >= 15 is 0 Å². The SMILES string of the molecule is C1=CC2=C(CC1)Cc1ccc(-c3ccc4c(c3)c3ccccc3n4-c3ccc(-c4ccccc4)cc3)cc12. The Balaban J connectivity index is 1.25. The van der Waals surface area contributed by atoms with Crippen LogP contribution in [-0.4, -0.2) is 4.57 Å². The lowest BCUT2D eigenvalue weighted by Crippen LogP contribution is -1.93. The molecule has 0 radical (unpaired) electrons. The third kappa shape index (κ3) is 3.32. The van der Waals surface area contributed by atoms with Gasteiger partial charge in [-0.05, 0) is 94.6 Å². The average molecular weight is 486 g/mol. The fraction of sp³-hybridized carbons (Fsp3) is 0.0811. The molecule has 38 heavy (non-hydrogen) atoms. The minimum absolute atomic E-state index is 1.12. The highest BCUT2D eigenvalue weighted by molar-refractivity contribution is 6.10. The van der Waals surface area contributed by atoms with Crippen molar-refractivity contribution in [1.82, 2.24) is 4.57 Å². The lowest BCUT2D eigenvalue weighted by molar-refractivity contribution is 0.935. The van der Waals surface area contributed by atoms with Gasteiger partial charge in [-0.15, -0.1) is 0 Å². The molecular formula is C37H27N. The Morgan fingerprint density at radius 1 is 0.553 bits per heavy atom. The molecule has 0 amide bonds. The Morgan fingerprint density at radius 3 is 2.16 bits per heavy atom. The molecule has 0 atom stereocenters. The first kappa shape index (κ1) is 21.5. The van der Waals surface area contributed by atoms with E-state index in [1.807, 2.05) is 0 Å². The van der Waals surface area contributed by atoms with Crippen LogP contribution in [0.1, 0.15) is 24.0 Å². The molecule has 0 spiro atoms. The normalized spacial score (nSPS) is 14.3. The molecular weight excluding hydrogens is 458 g/mol. The largest absolute Gasteiger partial charge is 0.309 e. The third-order valence-electron chi connectivity index (χ3n) is 8.32. The molecule has 0 unspecified atom stereocenters. The number of aromatic nitrogens is 1. The third-order valence-corrected chi connectivity index (χ3v) is 8.32. The lowest BCUT2D eigenvalue weighted by atomic mass is 9.95. The highest BCUT2D eigenvalue weighted by atomic mass is 15.0. The number of rotatable bonds is 3. The van der Waals surface area contributed by atoms with Crippen LogP contribution in [-0.2, 0) is 6.42 Å². The molecule has 1 heteroatoms. The van der Waals surface area contributed by atoms with Crippen LogP contribution in [0.5, 0.6) is 0 Å². The highest BCUT2D eigenvalue weighted by Gasteiger charge is 2.22. The van der Waals surface area contributed by atoms with E-state index in [9.17, 15) is 0 Å². The van der Waals surface area contributed by atoms with Crippen LogP contribution in [0.4, 0.5) is 0 Å². The summed E-state index contributed by atoms with van der Waals surface area (Å²) >= 11 is 0. The maximum Gasteiger partial charge on any atom is 0.0541 e. The smallest absolute Gasteiger partial charge is 0.0541 e. The molecule has 2 aliphatic carbocycles. The van der Waals surface area contributed by atoms with Gasteiger partial charge < -0.3 is 4.57 Å². The molecule has 6 aromatic rings. The first-order valence-electron chi connectivity index (χ1n) is 13.5. The average Bonchev–Trinajstić information content (AvgIpc) is 3.53. The van der Waals surface area contributed by atoms with Gasteiger partial charge >= 0.3 is 0 Å². The first-order valence-corrected chi connectivity index (χ1v) is 13.5. The van der Waals surface area contributed by atoms with Crippen LogP contribution < -0.4 is 0 Å². The van der Waals surface area contributed by atoms with Crippen LogP contribution >= 0.6 is 0 Å².